The van der Waals surface area contributed by atoms with Crippen molar-refractivity contribution in [2.45, 2.75) is 0 Å². The molecule has 0 aromatic carbocycles. The van der Waals surface area contributed by atoms with E-state index >= 15 is 0 Å². The topological polar surface area (TPSA) is 55.8 Å². The van der Waals surface area contributed by atoms with Crippen molar-refractivity contribution in [2.75, 3.05) is 0 Å². The second-order valence-corrected chi connectivity index (χ2v) is 4.98. The standard InChI is InChI=1S/AsH3O4S2/c2-1(3,4-6)5-7/h6-7H,(H,2,3). The molecule has 0 amide bonds. The van der Waals surface area contributed by atoms with Crippen molar-refractivity contribution in [3.05, 3.63) is 0 Å². The van der Waals surface area contributed by atoms with Crippen LogP contribution >= 0.6 is 25.8 Å². The normalized spacial score (nSPS) is 11.9. The molecule has 7 heavy (non-hydrogen) atoms. The van der Waals surface area contributed by atoms with E-state index in [1.54, 1.807) is 0 Å². The Hall–Kier alpha value is 0.938. The molecule has 0 heterocycles. The number of thiol groups is 2. The van der Waals surface area contributed by atoms with Crippen molar-refractivity contribution < 1.29 is 14.2 Å². The minimum atomic E-state index is -4.47. The zero-order chi connectivity index (χ0) is 5.91. The maximum absolute atomic E-state index is 9.97. The fraction of sp³-hybridized carbons (Fsp3) is 0. The number of hydrogen-bond donors (Lipinski definition) is 3. The van der Waals surface area contributed by atoms with Crippen LogP contribution < -0.4 is 0 Å². The van der Waals surface area contributed by atoms with Crippen LogP contribution in [0.4, 0.5) is 0 Å². The van der Waals surface area contributed by atoms with E-state index in [0.717, 1.165) is 0 Å². The molecule has 0 aromatic heterocycles. The van der Waals surface area contributed by atoms with Gasteiger partial charge in [0, 0.05) is 0 Å². The average Bonchev–Trinajstić information content (AvgIpc) is 1.68. The van der Waals surface area contributed by atoms with Crippen LogP contribution in [0.5, 0.6) is 0 Å². The Morgan fingerprint density at radius 2 is 1.71 bits per heavy atom. The van der Waals surface area contributed by atoms with Crippen LogP contribution in [0.1, 0.15) is 0 Å². The third-order valence-electron chi connectivity index (χ3n) is 0.206. The van der Waals surface area contributed by atoms with Gasteiger partial charge in [-0.15, -0.1) is 0 Å². The first kappa shape index (κ1) is 7.94. The van der Waals surface area contributed by atoms with Gasteiger partial charge in [0.15, 0.2) is 0 Å². The van der Waals surface area contributed by atoms with Gasteiger partial charge in [-0.1, -0.05) is 0 Å². The molecule has 0 aromatic rings. The first-order valence-electron chi connectivity index (χ1n) is 1.11. The molecule has 0 aliphatic heterocycles. The van der Waals surface area contributed by atoms with Gasteiger partial charge in [-0.05, 0) is 0 Å². The van der Waals surface area contributed by atoms with Gasteiger partial charge in [0.2, 0.25) is 0 Å². The van der Waals surface area contributed by atoms with Crippen molar-refractivity contribution in [3.63, 3.8) is 0 Å². The average molecular weight is 206 g/mol. The van der Waals surface area contributed by atoms with E-state index in [1.165, 1.54) is 0 Å². The van der Waals surface area contributed by atoms with Crippen molar-refractivity contribution in [1.82, 2.24) is 0 Å². The molecule has 4 nitrogen and oxygen atoms in total. The summed E-state index contributed by atoms with van der Waals surface area (Å²) in [6.45, 7) is 0. The summed E-state index contributed by atoms with van der Waals surface area (Å²) < 4.78 is 25.4. The van der Waals surface area contributed by atoms with E-state index < -0.39 is 14.5 Å². The van der Waals surface area contributed by atoms with Crippen LogP contribution in [0.15, 0.2) is 0 Å². The van der Waals surface area contributed by atoms with Gasteiger partial charge >= 0.3 is 54.5 Å². The predicted molar refractivity (Wildman–Crippen MR) is 28.8 cm³/mol. The summed E-state index contributed by atoms with van der Waals surface area (Å²) in [4.78, 5) is 0. The molecule has 7 heteroatoms. The molecule has 0 atom stereocenters. The molecule has 0 fully saturated rings. The summed E-state index contributed by atoms with van der Waals surface area (Å²) in [7, 11) is 0. The Morgan fingerprint density at radius 1 is 1.43 bits per heavy atom. The second-order valence-electron chi connectivity index (χ2n) is 0.632. The van der Waals surface area contributed by atoms with Crippen molar-refractivity contribution in [2.24, 2.45) is 0 Å². The first-order valence-corrected chi connectivity index (χ1v) is 4.98. The van der Waals surface area contributed by atoms with Gasteiger partial charge in [-0.25, -0.2) is 0 Å². The Kier molecular flexibility index (Phi) is 3.47. The Morgan fingerprint density at radius 3 is 1.71 bits per heavy atom. The molecule has 0 saturated carbocycles. The number of rotatable bonds is 2. The summed E-state index contributed by atoms with van der Waals surface area (Å²) in [5.74, 6) is 0. The van der Waals surface area contributed by atoms with Gasteiger partial charge in [-0.3, -0.25) is 0 Å². The van der Waals surface area contributed by atoms with Crippen LogP contribution in [-0.2, 0) is 10.1 Å². The SMILES string of the molecule is O=[As](O)(OS)OS. The Bertz CT molecular complexity index is 81.7. The van der Waals surface area contributed by atoms with Gasteiger partial charge in [0.05, 0.1) is 0 Å². The third-order valence-corrected chi connectivity index (χ3v) is 3.22. The Labute approximate surface area is 54.8 Å². The zero-order valence-corrected chi connectivity index (χ0v) is 6.68. The van der Waals surface area contributed by atoms with E-state index in [9.17, 15) is 3.74 Å². The maximum atomic E-state index is 9.97. The zero-order valence-electron chi connectivity index (χ0n) is 3.01. The molecule has 1 N–H and O–H groups in total. The fourth-order valence-corrected chi connectivity index (χ4v) is 0.697. The molecule has 0 aliphatic rings. The summed E-state index contributed by atoms with van der Waals surface area (Å²) >= 11 is 1.58. The van der Waals surface area contributed by atoms with Crippen molar-refractivity contribution in [1.29, 1.82) is 0 Å². The third kappa shape index (κ3) is 3.51. The van der Waals surface area contributed by atoms with E-state index in [4.69, 9.17) is 4.10 Å². The number of hydrogen-bond acceptors (Lipinski definition) is 5. The van der Waals surface area contributed by atoms with E-state index in [0.29, 0.717) is 0 Å². The molecular formula is H3AsO4S2. The summed E-state index contributed by atoms with van der Waals surface area (Å²) in [6.07, 6.45) is 0. The van der Waals surface area contributed by atoms with Crippen molar-refractivity contribution in [3.8, 4) is 0 Å². The van der Waals surface area contributed by atoms with Gasteiger partial charge in [0.1, 0.15) is 0 Å². The molecular weight excluding hydrogens is 203 g/mol. The van der Waals surface area contributed by atoms with Crippen LogP contribution in [0.3, 0.4) is 0 Å². The monoisotopic (exact) mass is 206 g/mol. The molecule has 0 aliphatic carbocycles. The van der Waals surface area contributed by atoms with E-state index in [1.807, 2.05) is 0 Å². The molecule has 0 bridgehead atoms. The van der Waals surface area contributed by atoms with E-state index in [2.05, 4.69) is 32.2 Å². The van der Waals surface area contributed by atoms with Gasteiger partial charge in [-0.2, -0.15) is 0 Å². The van der Waals surface area contributed by atoms with Gasteiger partial charge in [0.25, 0.3) is 0 Å². The second kappa shape index (κ2) is 3.06. The van der Waals surface area contributed by atoms with Crippen LogP contribution in [0.2, 0.25) is 0 Å². The molecule has 0 rings (SSSR count). The summed E-state index contributed by atoms with van der Waals surface area (Å²) in [6, 6.07) is 0. The van der Waals surface area contributed by atoms with Gasteiger partial charge < -0.3 is 0 Å². The Balaban J connectivity index is 3.61. The van der Waals surface area contributed by atoms with E-state index in [-0.39, 0.29) is 0 Å². The van der Waals surface area contributed by atoms with Crippen molar-refractivity contribution >= 4 is 40.3 Å². The fourth-order valence-electron chi connectivity index (χ4n) is 0.0149. The first-order chi connectivity index (χ1) is 3.12. The summed E-state index contributed by atoms with van der Waals surface area (Å²) in [5.41, 5.74) is 0. The van der Waals surface area contributed by atoms with Crippen LogP contribution in [0.25, 0.3) is 0 Å². The molecule has 0 radical (unpaired) electrons. The minimum absolute atomic E-state index is 3.02. The molecule has 44 valence electrons. The predicted octanol–water partition coefficient (Wildman–Crippen LogP) is -0.432. The molecule has 0 spiro atoms. The molecule has 0 unspecified atom stereocenters. The summed E-state index contributed by atoms with van der Waals surface area (Å²) in [5, 5.41) is 0. The van der Waals surface area contributed by atoms with Crippen LogP contribution in [-0.4, -0.2) is 18.6 Å². The molecule has 0 saturated heterocycles. The quantitative estimate of drug-likeness (QED) is 0.326. The van der Waals surface area contributed by atoms with Crippen LogP contribution in [0, 0.1) is 0 Å².